The average molecular weight is 265 g/mol. The molecule has 1 N–H and O–H groups in total. The molecule has 70 valence electrons. The van der Waals surface area contributed by atoms with E-state index in [0.717, 1.165) is 0 Å². The highest BCUT2D eigenvalue weighted by molar-refractivity contribution is 9.10. The molecule has 0 bridgehead atoms. The summed E-state index contributed by atoms with van der Waals surface area (Å²) < 4.78 is 4.90. The van der Waals surface area contributed by atoms with Crippen molar-refractivity contribution in [2.75, 3.05) is 7.11 Å². The van der Waals surface area contributed by atoms with Gasteiger partial charge in [-0.1, -0.05) is 11.6 Å². The Balaban J connectivity index is 3.26. The van der Waals surface area contributed by atoms with E-state index in [4.69, 9.17) is 11.6 Å². The number of hydrogen-bond acceptors (Lipinski definition) is 3. The Morgan fingerprint density at radius 1 is 1.62 bits per heavy atom. The van der Waals surface area contributed by atoms with Gasteiger partial charge in [-0.2, -0.15) is 0 Å². The highest BCUT2D eigenvalue weighted by Gasteiger charge is 2.15. The first-order chi connectivity index (χ1) is 6.07. The Labute approximate surface area is 88.4 Å². The van der Waals surface area contributed by atoms with Crippen molar-refractivity contribution in [1.29, 1.82) is 0 Å². The van der Waals surface area contributed by atoms with E-state index in [1.54, 1.807) is 0 Å². The van der Waals surface area contributed by atoms with Gasteiger partial charge in [0, 0.05) is 0 Å². The number of aromatic hydroxyl groups is 1. The molecule has 0 atom stereocenters. The molecule has 5 heteroatoms. The van der Waals surface area contributed by atoms with Crippen LogP contribution in [0, 0.1) is 0 Å². The maximum absolute atomic E-state index is 11.1. The third-order valence-corrected chi connectivity index (χ3v) is 2.49. The topological polar surface area (TPSA) is 46.5 Å². The van der Waals surface area contributed by atoms with E-state index < -0.39 is 5.97 Å². The Morgan fingerprint density at radius 2 is 2.23 bits per heavy atom. The van der Waals surface area contributed by atoms with Crippen LogP contribution in [0.25, 0.3) is 0 Å². The van der Waals surface area contributed by atoms with E-state index in [9.17, 15) is 9.90 Å². The summed E-state index contributed by atoms with van der Waals surface area (Å²) in [5.74, 6) is -0.739. The lowest BCUT2D eigenvalue weighted by molar-refractivity contribution is 0.0600. The van der Waals surface area contributed by atoms with Crippen LogP contribution in [0.2, 0.25) is 5.02 Å². The molecule has 0 saturated heterocycles. The fourth-order valence-electron chi connectivity index (χ4n) is 0.809. The second-order valence-corrected chi connectivity index (χ2v) is 3.48. The summed E-state index contributed by atoms with van der Waals surface area (Å²) in [5, 5.41) is 9.33. The van der Waals surface area contributed by atoms with E-state index >= 15 is 0 Å². The van der Waals surface area contributed by atoms with Crippen molar-refractivity contribution in [1.82, 2.24) is 0 Å². The SMILES string of the molecule is COC(=O)c1ccc(Br)c(O)c1Cl. The van der Waals surface area contributed by atoms with Gasteiger partial charge in [0.05, 0.1) is 22.2 Å². The molecule has 0 aliphatic carbocycles. The molecule has 0 radical (unpaired) electrons. The summed E-state index contributed by atoms with van der Waals surface area (Å²) in [4.78, 5) is 11.1. The van der Waals surface area contributed by atoms with E-state index in [0.29, 0.717) is 4.47 Å². The summed E-state index contributed by atoms with van der Waals surface area (Å²) in [6.45, 7) is 0. The van der Waals surface area contributed by atoms with Crippen molar-refractivity contribution in [2.24, 2.45) is 0 Å². The molecule has 0 saturated carbocycles. The Kier molecular flexibility index (Phi) is 3.17. The number of methoxy groups -OCH3 is 1. The number of halogens is 2. The third-order valence-electron chi connectivity index (χ3n) is 1.47. The van der Waals surface area contributed by atoms with Crippen LogP contribution in [0.1, 0.15) is 10.4 Å². The number of phenols is 1. The average Bonchev–Trinajstić information content (AvgIpc) is 2.13. The highest BCUT2D eigenvalue weighted by atomic mass is 79.9. The molecule has 1 aromatic carbocycles. The van der Waals surface area contributed by atoms with Crippen LogP contribution >= 0.6 is 27.5 Å². The van der Waals surface area contributed by atoms with Gasteiger partial charge < -0.3 is 9.84 Å². The lowest BCUT2D eigenvalue weighted by Crippen LogP contribution is -2.01. The molecule has 3 nitrogen and oxygen atoms in total. The number of carbonyl (C=O) groups is 1. The molecule has 13 heavy (non-hydrogen) atoms. The van der Waals surface area contributed by atoms with Gasteiger partial charge in [-0.05, 0) is 28.1 Å². The van der Waals surface area contributed by atoms with Gasteiger partial charge in [0.15, 0.2) is 0 Å². The van der Waals surface area contributed by atoms with Gasteiger partial charge >= 0.3 is 5.97 Å². The van der Waals surface area contributed by atoms with Crippen LogP contribution in [0.4, 0.5) is 0 Å². The molecular weight excluding hydrogens is 259 g/mol. The van der Waals surface area contributed by atoms with Crippen LogP contribution in [0.3, 0.4) is 0 Å². The summed E-state index contributed by atoms with van der Waals surface area (Å²) >= 11 is 8.76. The molecule has 1 rings (SSSR count). The van der Waals surface area contributed by atoms with Gasteiger partial charge in [0.2, 0.25) is 0 Å². The largest absolute Gasteiger partial charge is 0.505 e. The lowest BCUT2D eigenvalue weighted by atomic mass is 10.2. The smallest absolute Gasteiger partial charge is 0.339 e. The number of hydrogen-bond donors (Lipinski definition) is 1. The number of esters is 1. The van der Waals surface area contributed by atoms with Crippen LogP contribution in [-0.4, -0.2) is 18.2 Å². The molecular formula is C8H6BrClO3. The first kappa shape index (κ1) is 10.3. The lowest BCUT2D eigenvalue weighted by Gasteiger charge is -2.04. The van der Waals surface area contributed by atoms with E-state index in [-0.39, 0.29) is 16.3 Å². The fraction of sp³-hybridized carbons (Fsp3) is 0.125. The maximum Gasteiger partial charge on any atom is 0.339 e. The minimum atomic E-state index is -0.576. The molecule has 0 fully saturated rings. The van der Waals surface area contributed by atoms with Crippen molar-refractivity contribution in [3.63, 3.8) is 0 Å². The van der Waals surface area contributed by atoms with Gasteiger partial charge in [0.25, 0.3) is 0 Å². The predicted octanol–water partition coefficient (Wildman–Crippen LogP) is 2.59. The van der Waals surface area contributed by atoms with E-state index in [1.165, 1.54) is 19.2 Å². The first-order valence-corrected chi connectivity index (χ1v) is 4.50. The zero-order chi connectivity index (χ0) is 10.0. The van der Waals surface area contributed by atoms with Crippen LogP contribution in [0.5, 0.6) is 5.75 Å². The normalized spacial score (nSPS) is 9.77. The second-order valence-electron chi connectivity index (χ2n) is 2.25. The molecule has 0 amide bonds. The van der Waals surface area contributed by atoms with Crippen molar-refractivity contribution in [3.05, 3.63) is 27.2 Å². The van der Waals surface area contributed by atoms with Gasteiger partial charge in [0.1, 0.15) is 5.75 Å². The molecule has 0 aromatic heterocycles. The number of carbonyl (C=O) groups excluding carboxylic acids is 1. The number of rotatable bonds is 1. The Morgan fingerprint density at radius 3 is 2.77 bits per heavy atom. The van der Waals surface area contributed by atoms with Crippen LogP contribution < -0.4 is 0 Å². The molecule has 0 aliphatic heterocycles. The van der Waals surface area contributed by atoms with Gasteiger partial charge in [-0.25, -0.2) is 4.79 Å². The van der Waals surface area contributed by atoms with E-state index in [1.807, 2.05) is 0 Å². The number of ether oxygens (including phenoxy) is 1. The third kappa shape index (κ3) is 1.95. The molecule has 0 aliphatic rings. The van der Waals surface area contributed by atoms with Crippen LogP contribution in [0.15, 0.2) is 16.6 Å². The monoisotopic (exact) mass is 264 g/mol. The predicted molar refractivity (Wildman–Crippen MR) is 52.2 cm³/mol. The summed E-state index contributed by atoms with van der Waals surface area (Å²) in [5.41, 5.74) is 0.143. The van der Waals surface area contributed by atoms with Crippen molar-refractivity contribution >= 4 is 33.5 Å². The fourth-order valence-corrected chi connectivity index (χ4v) is 1.50. The first-order valence-electron chi connectivity index (χ1n) is 3.33. The molecule has 1 aromatic rings. The van der Waals surface area contributed by atoms with Crippen LogP contribution in [-0.2, 0) is 4.74 Å². The molecule has 0 unspecified atom stereocenters. The maximum atomic E-state index is 11.1. The van der Waals surface area contributed by atoms with Crippen molar-refractivity contribution in [2.45, 2.75) is 0 Å². The quantitative estimate of drug-likeness (QED) is 0.794. The van der Waals surface area contributed by atoms with Crippen molar-refractivity contribution < 1.29 is 14.6 Å². The standard InChI is InChI=1S/C8H6BrClO3/c1-13-8(12)4-2-3-5(9)7(11)6(4)10/h2-3,11H,1H3. The zero-order valence-electron chi connectivity index (χ0n) is 6.67. The summed E-state index contributed by atoms with van der Waals surface area (Å²) in [6.07, 6.45) is 0. The second kappa shape index (κ2) is 3.98. The Bertz CT molecular complexity index is 351. The number of phenolic OH excluding ortho intramolecular Hbond substituents is 1. The zero-order valence-corrected chi connectivity index (χ0v) is 9.02. The van der Waals surface area contributed by atoms with Gasteiger partial charge in [-0.15, -0.1) is 0 Å². The molecule has 0 heterocycles. The van der Waals surface area contributed by atoms with Crippen molar-refractivity contribution in [3.8, 4) is 5.75 Å². The van der Waals surface area contributed by atoms with Gasteiger partial charge in [-0.3, -0.25) is 0 Å². The number of benzene rings is 1. The van der Waals surface area contributed by atoms with E-state index in [2.05, 4.69) is 20.7 Å². The minimum absolute atomic E-state index is 0.0128. The summed E-state index contributed by atoms with van der Waals surface area (Å²) in [6, 6.07) is 2.99. The Hall–Kier alpha value is -0.740. The highest BCUT2D eigenvalue weighted by Crippen LogP contribution is 2.34. The molecule has 0 spiro atoms. The summed E-state index contributed by atoms with van der Waals surface area (Å²) in [7, 11) is 1.25. The minimum Gasteiger partial charge on any atom is -0.505 e.